The minimum absolute atomic E-state index is 0.208. The van der Waals surface area contributed by atoms with E-state index in [0.717, 1.165) is 24.7 Å². The number of halogens is 1. The summed E-state index contributed by atoms with van der Waals surface area (Å²) in [5, 5.41) is 0.956. The van der Waals surface area contributed by atoms with E-state index in [9.17, 15) is 4.79 Å². The second-order valence-corrected chi connectivity index (χ2v) is 5.25. The van der Waals surface area contributed by atoms with Crippen molar-refractivity contribution in [2.75, 3.05) is 31.8 Å². The highest BCUT2D eigenvalue weighted by molar-refractivity contribution is 7.18. The van der Waals surface area contributed by atoms with Crippen LogP contribution in [0.2, 0.25) is 5.15 Å². The first-order valence-corrected chi connectivity index (χ1v) is 6.95. The fraction of sp³-hybridized carbons (Fsp3) is 0.636. The largest absolute Gasteiger partial charge is 0.465 e. The number of anilines is 1. The van der Waals surface area contributed by atoms with E-state index < -0.39 is 5.97 Å². The summed E-state index contributed by atoms with van der Waals surface area (Å²) < 4.78 is 10.1. The van der Waals surface area contributed by atoms with Crippen LogP contribution in [0.3, 0.4) is 0 Å². The molecule has 1 atom stereocenters. The maximum atomic E-state index is 11.5. The Kier molecular flexibility index (Phi) is 4.42. The number of hydrogen-bond acceptors (Lipinski definition) is 6. The highest BCUT2D eigenvalue weighted by Crippen LogP contribution is 2.32. The van der Waals surface area contributed by atoms with Gasteiger partial charge in [0.05, 0.1) is 19.8 Å². The zero-order chi connectivity index (χ0) is 13.1. The summed E-state index contributed by atoms with van der Waals surface area (Å²) >= 11 is 7.23. The molecule has 1 aromatic heterocycles. The lowest BCUT2D eigenvalue weighted by atomic mass is 10.2. The van der Waals surface area contributed by atoms with E-state index in [4.69, 9.17) is 16.3 Å². The lowest BCUT2D eigenvalue weighted by Crippen LogP contribution is -2.35. The van der Waals surface area contributed by atoms with Gasteiger partial charge in [-0.1, -0.05) is 22.9 Å². The molecule has 0 bridgehead atoms. The van der Waals surface area contributed by atoms with Gasteiger partial charge < -0.3 is 14.4 Å². The highest BCUT2D eigenvalue weighted by Gasteiger charge is 2.27. The van der Waals surface area contributed by atoms with Crippen LogP contribution in [0.5, 0.6) is 0 Å². The molecule has 1 aliphatic heterocycles. The van der Waals surface area contributed by atoms with Gasteiger partial charge in [0.25, 0.3) is 0 Å². The van der Waals surface area contributed by atoms with E-state index in [1.807, 2.05) is 6.92 Å². The molecular weight excluding hydrogens is 276 g/mol. The Bertz CT molecular complexity index is 432. The smallest absolute Gasteiger partial charge is 0.351 e. The topological polar surface area (TPSA) is 51.7 Å². The van der Waals surface area contributed by atoms with Crippen LogP contribution in [0, 0.1) is 0 Å². The van der Waals surface area contributed by atoms with Crippen molar-refractivity contribution in [1.82, 2.24) is 4.98 Å². The predicted molar refractivity (Wildman–Crippen MR) is 70.7 cm³/mol. The maximum Gasteiger partial charge on any atom is 0.351 e. The molecule has 1 fully saturated rings. The van der Waals surface area contributed by atoms with Crippen LogP contribution in [-0.4, -0.2) is 43.9 Å². The Labute approximate surface area is 115 Å². The number of aromatic nitrogens is 1. The van der Waals surface area contributed by atoms with Crippen molar-refractivity contribution in [3.63, 3.8) is 0 Å². The molecule has 0 saturated carbocycles. The lowest BCUT2D eigenvalue weighted by Gasteiger charge is -2.25. The van der Waals surface area contributed by atoms with Crippen LogP contribution in [0.1, 0.15) is 23.0 Å². The number of hydrogen-bond donors (Lipinski definition) is 0. The van der Waals surface area contributed by atoms with E-state index in [0.29, 0.717) is 17.5 Å². The Hall–Kier alpha value is -0.850. The minimum Gasteiger partial charge on any atom is -0.465 e. The van der Waals surface area contributed by atoms with E-state index in [1.54, 1.807) is 0 Å². The number of carbonyl (C=O) groups excluding carboxylic acids is 1. The van der Waals surface area contributed by atoms with Crippen molar-refractivity contribution >= 4 is 34.0 Å². The third-order valence-corrected chi connectivity index (χ3v) is 4.34. The zero-order valence-electron chi connectivity index (χ0n) is 10.3. The predicted octanol–water partition coefficient (Wildman–Crippen LogP) is 2.20. The zero-order valence-corrected chi connectivity index (χ0v) is 11.9. The Morgan fingerprint density at radius 3 is 3.06 bits per heavy atom. The summed E-state index contributed by atoms with van der Waals surface area (Å²) in [6, 6.07) is 0.308. The van der Waals surface area contributed by atoms with Crippen molar-refractivity contribution in [2.24, 2.45) is 0 Å². The number of likely N-dealkylation sites (N-methyl/N-ethyl adjacent to an activating group) is 1. The Balaban J connectivity index is 2.23. The normalized spacial score (nSPS) is 18.9. The molecule has 0 aliphatic carbocycles. The second-order valence-electron chi connectivity index (χ2n) is 3.91. The summed E-state index contributed by atoms with van der Waals surface area (Å²) in [7, 11) is 1.33. The molecule has 2 rings (SSSR count). The fourth-order valence-electron chi connectivity index (χ4n) is 1.95. The third-order valence-electron chi connectivity index (χ3n) is 2.88. The van der Waals surface area contributed by atoms with Gasteiger partial charge in [0.2, 0.25) is 0 Å². The number of thiazole rings is 1. The monoisotopic (exact) mass is 290 g/mol. The third kappa shape index (κ3) is 2.60. The second kappa shape index (κ2) is 5.86. The van der Waals surface area contributed by atoms with E-state index >= 15 is 0 Å². The van der Waals surface area contributed by atoms with Crippen LogP contribution in [0.4, 0.5) is 5.13 Å². The molecular formula is C11H15ClN2O3S. The quantitative estimate of drug-likeness (QED) is 0.796. The van der Waals surface area contributed by atoms with Gasteiger partial charge in [-0.05, 0) is 13.3 Å². The van der Waals surface area contributed by atoms with E-state index in [1.165, 1.54) is 18.4 Å². The summed E-state index contributed by atoms with van der Waals surface area (Å²) in [6.45, 7) is 4.31. The SMILES string of the molecule is CCN(c1nc(Cl)c(C(=O)OC)s1)[C@@H]1CCOC1. The molecule has 0 radical (unpaired) electrons. The molecule has 7 heteroatoms. The fourth-order valence-corrected chi connectivity index (χ4v) is 3.28. The first-order chi connectivity index (χ1) is 8.67. The molecule has 1 aliphatic rings. The van der Waals surface area contributed by atoms with Gasteiger partial charge in [0.1, 0.15) is 0 Å². The Morgan fingerprint density at radius 2 is 2.50 bits per heavy atom. The van der Waals surface area contributed by atoms with E-state index in [-0.39, 0.29) is 5.15 Å². The molecule has 0 amide bonds. The number of esters is 1. The molecule has 2 heterocycles. The average Bonchev–Trinajstić information content (AvgIpc) is 3.00. The molecule has 1 aromatic rings. The van der Waals surface area contributed by atoms with Gasteiger partial charge in [-0.3, -0.25) is 0 Å². The van der Waals surface area contributed by atoms with Crippen molar-refractivity contribution in [3.05, 3.63) is 10.0 Å². The highest BCUT2D eigenvalue weighted by atomic mass is 35.5. The lowest BCUT2D eigenvalue weighted by molar-refractivity contribution is 0.0606. The number of carbonyl (C=O) groups is 1. The van der Waals surface area contributed by atoms with Crippen LogP contribution in [0.25, 0.3) is 0 Å². The molecule has 1 saturated heterocycles. The number of rotatable bonds is 4. The van der Waals surface area contributed by atoms with Crippen LogP contribution in [0.15, 0.2) is 0 Å². The molecule has 5 nitrogen and oxygen atoms in total. The van der Waals surface area contributed by atoms with Gasteiger partial charge in [0, 0.05) is 13.2 Å². The number of methoxy groups -OCH3 is 1. The van der Waals surface area contributed by atoms with Crippen molar-refractivity contribution in [2.45, 2.75) is 19.4 Å². The van der Waals surface area contributed by atoms with Crippen molar-refractivity contribution in [3.8, 4) is 0 Å². The summed E-state index contributed by atoms with van der Waals surface area (Å²) in [4.78, 5) is 18.2. The van der Waals surface area contributed by atoms with Gasteiger partial charge >= 0.3 is 5.97 Å². The summed E-state index contributed by atoms with van der Waals surface area (Å²) in [5.74, 6) is -0.442. The van der Waals surface area contributed by atoms with Crippen LogP contribution < -0.4 is 4.90 Å². The average molecular weight is 291 g/mol. The first kappa shape index (κ1) is 13.6. The van der Waals surface area contributed by atoms with Gasteiger partial charge in [-0.25, -0.2) is 9.78 Å². The first-order valence-electron chi connectivity index (χ1n) is 5.76. The molecule has 0 unspecified atom stereocenters. The molecule has 18 heavy (non-hydrogen) atoms. The maximum absolute atomic E-state index is 11.5. The standard InChI is InChI=1S/C11H15ClN2O3S/c1-3-14(7-4-5-17-6-7)11-13-9(12)8(18-11)10(15)16-2/h7H,3-6H2,1-2H3/t7-/m1/s1. The van der Waals surface area contributed by atoms with Gasteiger partial charge in [0.15, 0.2) is 15.2 Å². The molecule has 0 aromatic carbocycles. The van der Waals surface area contributed by atoms with Crippen LogP contribution in [-0.2, 0) is 9.47 Å². The van der Waals surface area contributed by atoms with E-state index in [2.05, 4.69) is 14.6 Å². The minimum atomic E-state index is -0.442. The summed E-state index contributed by atoms with van der Waals surface area (Å²) in [5.41, 5.74) is 0. The molecule has 0 spiro atoms. The van der Waals surface area contributed by atoms with Crippen LogP contribution >= 0.6 is 22.9 Å². The van der Waals surface area contributed by atoms with Crippen molar-refractivity contribution < 1.29 is 14.3 Å². The molecule has 0 N–H and O–H groups in total. The van der Waals surface area contributed by atoms with Gasteiger partial charge in [-0.2, -0.15) is 0 Å². The molecule has 100 valence electrons. The van der Waals surface area contributed by atoms with Gasteiger partial charge in [-0.15, -0.1) is 0 Å². The number of ether oxygens (including phenoxy) is 2. The number of nitrogens with zero attached hydrogens (tertiary/aromatic N) is 2. The summed E-state index contributed by atoms with van der Waals surface area (Å²) in [6.07, 6.45) is 0.971. The Morgan fingerprint density at radius 1 is 1.72 bits per heavy atom. The van der Waals surface area contributed by atoms with Crippen molar-refractivity contribution in [1.29, 1.82) is 0 Å².